The third-order valence-electron chi connectivity index (χ3n) is 2.22. The van der Waals surface area contributed by atoms with Crippen LogP contribution in [0.4, 0.5) is 5.82 Å². The number of ketones is 1. The van der Waals surface area contributed by atoms with Crippen molar-refractivity contribution in [2.75, 3.05) is 5.32 Å². The maximum atomic E-state index is 11.8. The van der Waals surface area contributed by atoms with E-state index < -0.39 is 0 Å². The molecule has 2 heterocycles. The number of amides is 1. The lowest BCUT2D eigenvalue weighted by molar-refractivity contribution is 0.101. The number of rotatable bonds is 3. The molecule has 5 nitrogen and oxygen atoms in total. The molecule has 0 atom stereocenters. The molecule has 0 radical (unpaired) electrons. The predicted molar refractivity (Wildman–Crippen MR) is 63.0 cm³/mol. The van der Waals surface area contributed by atoms with Gasteiger partial charge < -0.3 is 10.3 Å². The molecule has 0 unspecified atom stereocenters. The highest BCUT2D eigenvalue weighted by Gasteiger charge is 2.10. The summed E-state index contributed by atoms with van der Waals surface area (Å²) in [4.78, 5) is 29.5. The van der Waals surface area contributed by atoms with E-state index in [1.165, 1.54) is 6.92 Å². The highest BCUT2D eigenvalue weighted by atomic mass is 16.2. The Labute approximate surface area is 97.9 Å². The van der Waals surface area contributed by atoms with Gasteiger partial charge in [-0.15, -0.1) is 0 Å². The summed E-state index contributed by atoms with van der Waals surface area (Å²) >= 11 is 0. The highest BCUT2D eigenvalue weighted by molar-refractivity contribution is 6.04. The molecule has 17 heavy (non-hydrogen) atoms. The van der Waals surface area contributed by atoms with E-state index in [0.717, 1.165) is 0 Å². The van der Waals surface area contributed by atoms with Crippen LogP contribution >= 0.6 is 0 Å². The summed E-state index contributed by atoms with van der Waals surface area (Å²) in [5, 5.41) is 2.62. The lowest BCUT2D eigenvalue weighted by atomic mass is 10.3. The lowest BCUT2D eigenvalue weighted by Crippen LogP contribution is -2.13. The zero-order valence-corrected chi connectivity index (χ0v) is 9.23. The predicted octanol–water partition coefficient (Wildman–Crippen LogP) is 1.86. The number of H-pyrrole nitrogens is 1. The number of aromatic amines is 1. The molecule has 2 N–H and O–H groups in total. The van der Waals surface area contributed by atoms with E-state index in [1.54, 1.807) is 36.5 Å². The molecule has 1 amide bonds. The summed E-state index contributed by atoms with van der Waals surface area (Å²) < 4.78 is 0. The standard InChI is InChI=1S/C12H11N3O2/c1-8(16)9-5-6-10(14-9)12(17)15-11-4-2-3-7-13-11/h2-7,14H,1H3,(H,13,15,17). The van der Waals surface area contributed by atoms with Gasteiger partial charge in [0.2, 0.25) is 0 Å². The fourth-order valence-corrected chi connectivity index (χ4v) is 1.35. The summed E-state index contributed by atoms with van der Waals surface area (Å²) in [6.07, 6.45) is 1.59. The van der Waals surface area contributed by atoms with Crippen LogP contribution in [0.3, 0.4) is 0 Å². The van der Waals surface area contributed by atoms with Crippen molar-refractivity contribution in [3.63, 3.8) is 0 Å². The summed E-state index contributed by atoms with van der Waals surface area (Å²) in [6.45, 7) is 1.44. The molecule has 86 valence electrons. The van der Waals surface area contributed by atoms with Crippen molar-refractivity contribution < 1.29 is 9.59 Å². The molecule has 5 heteroatoms. The van der Waals surface area contributed by atoms with Crippen molar-refractivity contribution in [3.05, 3.63) is 47.9 Å². The first-order valence-electron chi connectivity index (χ1n) is 5.09. The summed E-state index contributed by atoms with van der Waals surface area (Å²) in [5.74, 6) is 0.0366. The van der Waals surface area contributed by atoms with Crippen LogP contribution < -0.4 is 5.32 Å². The zero-order valence-electron chi connectivity index (χ0n) is 9.23. The van der Waals surface area contributed by atoms with Gasteiger partial charge >= 0.3 is 0 Å². The number of pyridine rings is 1. The number of hydrogen-bond acceptors (Lipinski definition) is 3. The molecular weight excluding hydrogens is 218 g/mol. The maximum absolute atomic E-state index is 11.8. The van der Waals surface area contributed by atoms with Crippen LogP contribution in [0.1, 0.15) is 27.9 Å². The van der Waals surface area contributed by atoms with Gasteiger partial charge in [-0.25, -0.2) is 4.98 Å². The Morgan fingerprint density at radius 1 is 1.18 bits per heavy atom. The van der Waals surface area contributed by atoms with E-state index in [0.29, 0.717) is 17.2 Å². The molecule has 2 aromatic rings. The third-order valence-corrected chi connectivity index (χ3v) is 2.22. The minimum Gasteiger partial charge on any atom is -0.348 e. The second kappa shape index (κ2) is 4.61. The van der Waals surface area contributed by atoms with E-state index in [4.69, 9.17) is 0 Å². The zero-order chi connectivity index (χ0) is 12.3. The van der Waals surface area contributed by atoms with Crippen LogP contribution in [-0.2, 0) is 0 Å². The fraction of sp³-hybridized carbons (Fsp3) is 0.0833. The van der Waals surface area contributed by atoms with E-state index in [-0.39, 0.29) is 11.7 Å². The summed E-state index contributed by atoms with van der Waals surface area (Å²) in [6, 6.07) is 8.37. The van der Waals surface area contributed by atoms with Gasteiger partial charge in [-0.3, -0.25) is 9.59 Å². The molecule has 0 aliphatic heterocycles. The van der Waals surface area contributed by atoms with E-state index in [1.807, 2.05) is 0 Å². The molecule has 0 aliphatic rings. The normalized spacial score (nSPS) is 9.94. The molecule has 2 rings (SSSR count). The van der Waals surface area contributed by atoms with Gasteiger partial charge in [-0.2, -0.15) is 0 Å². The number of nitrogens with one attached hydrogen (secondary N) is 2. The molecular formula is C12H11N3O2. The van der Waals surface area contributed by atoms with Gasteiger partial charge in [0.1, 0.15) is 11.5 Å². The maximum Gasteiger partial charge on any atom is 0.273 e. The van der Waals surface area contributed by atoms with Crippen LogP contribution in [-0.4, -0.2) is 21.7 Å². The molecule has 2 aromatic heterocycles. The number of aromatic nitrogens is 2. The van der Waals surface area contributed by atoms with Gasteiger partial charge in [-0.1, -0.05) is 6.07 Å². The molecule has 0 saturated carbocycles. The van der Waals surface area contributed by atoms with Crippen molar-refractivity contribution in [1.29, 1.82) is 0 Å². The Bertz CT molecular complexity index is 546. The minimum absolute atomic E-state index is 0.109. The number of anilines is 1. The van der Waals surface area contributed by atoms with Crippen LogP contribution in [0.25, 0.3) is 0 Å². The van der Waals surface area contributed by atoms with E-state index in [2.05, 4.69) is 15.3 Å². The van der Waals surface area contributed by atoms with Gasteiger partial charge in [0.05, 0.1) is 5.69 Å². The number of nitrogens with zero attached hydrogens (tertiary/aromatic N) is 1. The lowest BCUT2D eigenvalue weighted by Gasteiger charge is -2.01. The van der Waals surface area contributed by atoms with Crippen LogP contribution in [0.2, 0.25) is 0 Å². The van der Waals surface area contributed by atoms with Crippen molar-refractivity contribution in [2.24, 2.45) is 0 Å². The van der Waals surface area contributed by atoms with Crippen molar-refractivity contribution in [2.45, 2.75) is 6.92 Å². The van der Waals surface area contributed by atoms with Crippen molar-refractivity contribution in [1.82, 2.24) is 9.97 Å². The van der Waals surface area contributed by atoms with E-state index >= 15 is 0 Å². The van der Waals surface area contributed by atoms with Gasteiger partial charge in [0, 0.05) is 13.1 Å². The van der Waals surface area contributed by atoms with Crippen LogP contribution in [0.5, 0.6) is 0 Å². The van der Waals surface area contributed by atoms with Crippen molar-refractivity contribution >= 4 is 17.5 Å². The monoisotopic (exact) mass is 229 g/mol. The SMILES string of the molecule is CC(=O)c1ccc(C(=O)Nc2ccccn2)[nH]1. The number of Topliss-reactive ketones (excluding diaryl/α,β-unsaturated/α-hetero) is 1. The average molecular weight is 229 g/mol. The smallest absolute Gasteiger partial charge is 0.273 e. The Kier molecular flexibility index (Phi) is 3.00. The minimum atomic E-state index is -0.323. The largest absolute Gasteiger partial charge is 0.348 e. The Morgan fingerprint density at radius 2 is 1.94 bits per heavy atom. The van der Waals surface area contributed by atoms with Gasteiger partial charge in [0.15, 0.2) is 5.78 Å². The highest BCUT2D eigenvalue weighted by Crippen LogP contribution is 2.06. The molecule has 0 fully saturated rings. The molecule has 0 aliphatic carbocycles. The van der Waals surface area contributed by atoms with Gasteiger partial charge in [-0.05, 0) is 24.3 Å². The topological polar surface area (TPSA) is 74.8 Å². The first-order chi connectivity index (χ1) is 8.16. The summed E-state index contributed by atoms with van der Waals surface area (Å²) in [7, 11) is 0. The van der Waals surface area contributed by atoms with Gasteiger partial charge in [0.25, 0.3) is 5.91 Å². The van der Waals surface area contributed by atoms with Crippen molar-refractivity contribution in [3.8, 4) is 0 Å². The Hall–Kier alpha value is -2.43. The number of hydrogen-bond donors (Lipinski definition) is 2. The quantitative estimate of drug-likeness (QED) is 0.789. The number of carbonyl (C=O) groups excluding carboxylic acids is 2. The van der Waals surface area contributed by atoms with Crippen LogP contribution in [0.15, 0.2) is 36.5 Å². The summed E-state index contributed by atoms with van der Waals surface area (Å²) in [5.41, 5.74) is 0.747. The Balaban J connectivity index is 2.12. The molecule has 0 spiro atoms. The first-order valence-corrected chi connectivity index (χ1v) is 5.09. The fourth-order valence-electron chi connectivity index (χ4n) is 1.35. The molecule has 0 aromatic carbocycles. The number of carbonyl (C=O) groups is 2. The molecule has 0 bridgehead atoms. The third kappa shape index (κ3) is 2.57. The second-order valence-corrected chi connectivity index (χ2v) is 3.51. The van der Waals surface area contributed by atoms with Crippen LogP contribution in [0, 0.1) is 0 Å². The first kappa shape index (κ1) is 11.1. The molecule has 0 saturated heterocycles. The Morgan fingerprint density at radius 3 is 2.53 bits per heavy atom. The second-order valence-electron chi connectivity index (χ2n) is 3.51. The average Bonchev–Trinajstić information content (AvgIpc) is 2.79. The van der Waals surface area contributed by atoms with E-state index in [9.17, 15) is 9.59 Å².